The van der Waals surface area contributed by atoms with E-state index in [1.54, 1.807) is 0 Å². The van der Waals surface area contributed by atoms with Gasteiger partial charge in [0.2, 0.25) is 5.84 Å². The van der Waals surface area contributed by atoms with Crippen LogP contribution in [-0.4, -0.2) is 26.0 Å². The summed E-state index contributed by atoms with van der Waals surface area (Å²) in [5.74, 6) is 0.564. The number of rotatable bonds is 4. The maximum atomic E-state index is 12.6. The molecule has 2 heterocycles. The van der Waals surface area contributed by atoms with Crippen LogP contribution in [0.5, 0.6) is 0 Å². The summed E-state index contributed by atoms with van der Waals surface area (Å²) >= 11 is 0. The summed E-state index contributed by atoms with van der Waals surface area (Å²) in [4.78, 5) is 12.0. The Kier molecular flexibility index (Phi) is 4.57. The second-order valence-electron chi connectivity index (χ2n) is 5.27. The van der Waals surface area contributed by atoms with Crippen LogP contribution in [0.1, 0.15) is 22.8 Å². The highest BCUT2D eigenvalue weighted by molar-refractivity contribution is 5.93. The van der Waals surface area contributed by atoms with Crippen LogP contribution in [0, 0.1) is 0 Å². The highest BCUT2D eigenvalue weighted by atomic mass is 19.4. The number of alkyl halides is 3. The van der Waals surface area contributed by atoms with Crippen molar-refractivity contribution in [3.63, 3.8) is 0 Å². The Morgan fingerprint density at radius 3 is 2.31 bits per heavy atom. The minimum atomic E-state index is -4.39. The van der Waals surface area contributed by atoms with E-state index in [9.17, 15) is 13.2 Å². The summed E-state index contributed by atoms with van der Waals surface area (Å²) in [6, 6.07) is 4.61. The molecule has 0 fully saturated rings. The zero-order valence-corrected chi connectivity index (χ0v) is 13.1. The summed E-state index contributed by atoms with van der Waals surface area (Å²) in [5.41, 5.74) is 5.79. The number of amidine groups is 1. The molecular weight excluding hydrogens is 351 g/mol. The van der Waals surface area contributed by atoms with Gasteiger partial charge in [-0.2, -0.15) is 13.2 Å². The molecule has 0 unspecified atom stereocenters. The fourth-order valence-electron chi connectivity index (χ4n) is 2.15. The smallest absolute Gasteiger partial charge is 0.416 e. The standard InChI is InChI=1S/C16H12F3N5O2/c17-16(18,19)11-3-1-10(2-4-11)12-8-21-13(26-12)5-9-6-22-15(23-7-9)14(20)24-25/h1-4,6-8,25H,5H2,(H2,20,24). The van der Waals surface area contributed by atoms with Crippen LogP contribution >= 0.6 is 0 Å². The number of nitrogens with two attached hydrogens (primary N) is 1. The lowest BCUT2D eigenvalue weighted by atomic mass is 10.1. The molecule has 0 atom stereocenters. The summed E-state index contributed by atoms with van der Waals surface area (Å²) in [7, 11) is 0. The molecule has 0 radical (unpaired) electrons. The van der Waals surface area contributed by atoms with Crippen LogP contribution in [0.4, 0.5) is 13.2 Å². The Bertz CT molecular complexity index is 918. The fraction of sp³-hybridized carbons (Fsp3) is 0.125. The number of aromatic nitrogens is 3. The van der Waals surface area contributed by atoms with Crippen LogP contribution in [0.15, 0.2) is 52.4 Å². The molecule has 3 rings (SSSR count). The first kappa shape index (κ1) is 17.4. The van der Waals surface area contributed by atoms with E-state index in [1.165, 1.54) is 30.7 Å². The minimum absolute atomic E-state index is 0.0779. The number of nitrogens with zero attached hydrogens (tertiary/aromatic N) is 4. The molecule has 0 amide bonds. The van der Waals surface area contributed by atoms with Gasteiger partial charge in [-0.3, -0.25) is 0 Å². The molecule has 0 bridgehead atoms. The predicted octanol–water partition coefficient (Wildman–Crippen LogP) is 2.84. The molecule has 1 aromatic carbocycles. The van der Waals surface area contributed by atoms with Crippen molar-refractivity contribution in [3.05, 3.63) is 65.7 Å². The number of oxazole rings is 1. The van der Waals surface area contributed by atoms with Crippen LogP contribution in [0.3, 0.4) is 0 Å². The molecule has 26 heavy (non-hydrogen) atoms. The first-order valence-corrected chi connectivity index (χ1v) is 7.28. The van der Waals surface area contributed by atoms with Crippen LogP contribution in [-0.2, 0) is 12.6 Å². The van der Waals surface area contributed by atoms with E-state index in [4.69, 9.17) is 15.4 Å². The van der Waals surface area contributed by atoms with Crippen molar-refractivity contribution in [2.24, 2.45) is 10.9 Å². The van der Waals surface area contributed by atoms with Gasteiger partial charge in [-0.15, -0.1) is 0 Å². The average molecular weight is 363 g/mol. The SMILES string of the molecule is N/C(=N\O)c1ncc(Cc2ncc(-c3ccc(C(F)(F)F)cc3)o2)cn1. The van der Waals surface area contributed by atoms with Gasteiger partial charge < -0.3 is 15.4 Å². The molecule has 0 saturated carbocycles. The number of benzene rings is 1. The van der Waals surface area contributed by atoms with E-state index < -0.39 is 11.7 Å². The fourth-order valence-corrected chi connectivity index (χ4v) is 2.15. The van der Waals surface area contributed by atoms with E-state index >= 15 is 0 Å². The van der Waals surface area contributed by atoms with E-state index in [2.05, 4.69) is 20.1 Å². The molecular formula is C16H12F3N5O2. The Morgan fingerprint density at radius 1 is 1.08 bits per heavy atom. The third-order valence-corrected chi connectivity index (χ3v) is 3.45. The van der Waals surface area contributed by atoms with Crippen molar-refractivity contribution in [3.8, 4) is 11.3 Å². The summed E-state index contributed by atoms with van der Waals surface area (Å²) in [6.07, 6.45) is 0.271. The number of oxime groups is 1. The van der Waals surface area contributed by atoms with Crippen molar-refractivity contribution < 1.29 is 22.8 Å². The third kappa shape index (κ3) is 3.79. The molecule has 0 aliphatic carbocycles. The molecule has 2 aromatic heterocycles. The van der Waals surface area contributed by atoms with Gasteiger partial charge in [-0.05, 0) is 17.7 Å². The lowest BCUT2D eigenvalue weighted by molar-refractivity contribution is -0.137. The van der Waals surface area contributed by atoms with Gasteiger partial charge in [0.05, 0.1) is 18.2 Å². The largest absolute Gasteiger partial charge is 0.440 e. The Labute approximate surface area is 145 Å². The maximum absolute atomic E-state index is 12.6. The minimum Gasteiger partial charge on any atom is -0.440 e. The second kappa shape index (κ2) is 6.82. The molecule has 3 N–H and O–H groups in total. The van der Waals surface area contributed by atoms with E-state index in [0.717, 1.165) is 12.1 Å². The van der Waals surface area contributed by atoms with Crippen LogP contribution < -0.4 is 5.73 Å². The molecule has 0 saturated heterocycles. The maximum Gasteiger partial charge on any atom is 0.416 e. The number of hydrogen-bond acceptors (Lipinski definition) is 6. The first-order chi connectivity index (χ1) is 12.4. The Hall–Kier alpha value is -3.43. The number of hydrogen-bond donors (Lipinski definition) is 2. The van der Waals surface area contributed by atoms with Gasteiger partial charge in [-0.25, -0.2) is 15.0 Å². The van der Waals surface area contributed by atoms with Gasteiger partial charge >= 0.3 is 6.18 Å². The van der Waals surface area contributed by atoms with E-state index in [0.29, 0.717) is 22.8 Å². The Balaban J connectivity index is 1.74. The van der Waals surface area contributed by atoms with Crippen molar-refractivity contribution in [2.75, 3.05) is 0 Å². The highest BCUT2D eigenvalue weighted by Gasteiger charge is 2.30. The normalized spacial score (nSPS) is 12.3. The molecule has 0 aliphatic rings. The zero-order valence-electron chi connectivity index (χ0n) is 13.1. The average Bonchev–Trinajstić information content (AvgIpc) is 3.09. The quantitative estimate of drug-likeness (QED) is 0.319. The molecule has 134 valence electrons. The topological polar surface area (TPSA) is 110 Å². The van der Waals surface area contributed by atoms with Gasteiger partial charge in [0, 0.05) is 18.0 Å². The van der Waals surface area contributed by atoms with Gasteiger partial charge in [0.15, 0.2) is 17.5 Å². The van der Waals surface area contributed by atoms with Crippen LogP contribution in [0.25, 0.3) is 11.3 Å². The zero-order chi connectivity index (χ0) is 18.7. The summed E-state index contributed by atoms with van der Waals surface area (Å²) < 4.78 is 43.3. The molecule has 0 spiro atoms. The van der Waals surface area contributed by atoms with E-state index in [-0.39, 0.29) is 18.1 Å². The summed E-state index contributed by atoms with van der Waals surface area (Å²) in [5, 5.41) is 11.4. The van der Waals surface area contributed by atoms with Crippen molar-refractivity contribution in [1.29, 1.82) is 0 Å². The van der Waals surface area contributed by atoms with Crippen molar-refractivity contribution in [1.82, 2.24) is 15.0 Å². The van der Waals surface area contributed by atoms with Gasteiger partial charge in [0.25, 0.3) is 0 Å². The molecule has 10 heteroatoms. The Morgan fingerprint density at radius 2 is 1.73 bits per heavy atom. The third-order valence-electron chi connectivity index (χ3n) is 3.45. The lowest BCUT2D eigenvalue weighted by Gasteiger charge is -2.06. The highest BCUT2D eigenvalue weighted by Crippen LogP contribution is 2.31. The molecule has 0 aliphatic heterocycles. The van der Waals surface area contributed by atoms with Gasteiger partial charge in [0.1, 0.15) is 0 Å². The van der Waals surface area contributed by atoms with Crippen LogP contribution in [0.2, 0.25) is 0 Å². The lowest BCUT2D eigenvalue weighted by Crippen LogP contribution is -2.17. The monoisotopic (exact) mass is 363 g/mol. The molecule has 3 aromatic rings. The van der Waals surface area contributed by atoms with Crippen molar-refractivity contribution >= 4 is 5.84 Å². The summed E-state index contributed by atoms with van der Waals surface area (Å²) in [6.45, 7) is 0. The van der Waals surface area contributed by atoms with Gasteiger partial charge in [-0.1, -0.05) is 17.3 Å². The second-order valence-corrected chi connectivity index (χ2v) is 5.27. The first-order valence-electron chi connectivity index (χ1n) is 7.28. The molecule has 7 nitrogen and oxygen atoms in total. The van der Waals surface area contributed by atoms with Crippen molar-refractivity contribution in [2.45, 2.75) is 12.6 Å². The van der Waals surface area contributed by atoms with E-state index in [1.807, 2.05) is 0 Å². The number of halogens is 3. The predicted molar refractivity (Wildman–Crippen MR) is 84.3 cm³/mol.